The summed E-state index contributed by atoms with van der Waals surface area (Å²) in [4.78, 5) is 12.9. The third-order valence-corrected chi connectivity index (χ3v) is 6.31. The number of ketones is 1. The van der Waals surface area contributed by atoms with Crippen LogP contribution in [0.25, 0.3) is 0 Å². The molecular formula is C25H22O10. The second-order valence-corrected chi connectivity index (χ2v) is 8.40. The van der Waals surface area contributed by atoms with E-state index in [1.165, 1.54) is 31.4 Å². The number of aliphatic hydroxyl groups excluding tert-OH is 2. The average Bonchev–Trinajstić information content (AvgIpc) is 3.20. The summed E-state index contributed by atoms with van der Waals surface area (Å²) in [6.45, 7) is -0.365. The first-order valence-electron chi connectivity index (χ1n) is 10.7. The summed E-state index contributed by atoms with van der Waals surface area (Å²) in [6.07, 6.45) is -3.81. The molecule has 35 heavy (non-hydrogen) atoms. The Morgan fingerprint density at radius 3 is 2.40 bits per heavy atom. The van der Waals surface area contributed by atoms with Crippen LogP contribution < -0.4 is 14.2 Å². The third-order valence-electron chi connectivity index (χ3n) is 6.31. The zero-order chi connectivity index (χ0) is 25.0. The molecule has 3 aromatic rings. The lowest BCUT2D eigenvalue weighted by Crippen LogP contribution is -2.30. The van der Waals surface area contributed by atoms with Crippen molar-refractivity contribution in [3.63, 3.8) is 0 Å². The summed E-state index contributed by atoms with van der Waals surface area (Å²) < 4.78 is 16.8. The molecule has 2 aliphatic rings. The zero-order valence-electron chi connectivity index (χ0n) is 18.4. The minimum absolute atomic E-state index is 0.0682. The Hall–Kier alpha value is -4.15. The topological polar surface area (TPSA) is 166 Å². The van der Waals surface area contributed by atoms with Gasteiger partial charge in [-0.2, -0.15) is 0 Å². The van der Waals surface area contributed by atoms with Gasteiger partial charge in [0, 0.05) is 23.3 Å². The smallest absolute Gasteiger partial charge is 0.211 e. The van der Waals surface area contributed by atoms with Crippen LogP contribution in [0.5, 0.6) is 40.2 Å². The predicted octanol–water partition coefficient (Wildman–Crippen LogP) is 2.46. The van der Waals surface area contributed by atoms with E-state index < -0.39 is 35.8 Å². The number of carbonyl (C=O) groups excluding carboxylic acids is 1. The van der Waals surface area contributed by atoms with E-state index in [-0.39, 0.29) is 52.2 Å². The fourth-order valence-electron chi connectivity index (χ4n) is 4.62. The number of fused-ring (bicyclic) bond motifs is 2. The van der Waals surface area contributed by atoms with E-state index >= 15 is 0 Å². The van der Waals surface area contributed by atoms with Crippen LogP contribution in [0, 0.1) is 0 Å². The summed E-state index contributed by atoms with van der Waals surface area (Å²) in [5.74, 6) is -2.36. The van der Waals surface area contributed by atoms with Crippen molar-refractivity contribution in [1.29, 1.82) is 0 Å². The minimum atomic E-state index is -1.72. The van der Waals surface area contributed by atoms with E-state index in [1.807, 2.05) is 0 Å². The first kappa shape index (κ1) is 22.6. The molecule has 0 saturated carbocycles. The Morgan fingerprint density at radius 2 is 1.69 bits per heavy atom. The van der Waals surface area contributed by atoms with Crippen LogP contribution >= 0.6 is 0 Å². The number of benzene rings is 3. The maximum absolute atomic E-state index is 12.9. The Morgan fingerprint density at radius 1 is 0.914 bits per heavy atom. The van der Waals surface area contributed by atoms with Crippen LogP contribution in [0.4, 0.5) is 0 Å². The normalized spacial score (nSPS) is 22.7. The Bertz CT molecular complexity index is 1330. The van der Waals surface area contributed by atoms with Gasteiger partial charge in [-0.05, 0) is 29.8 Å². The molecule has 10 nitrogen and oxygen atoms in total. The molecule has 0 aromatic heterocycles. The standard InChI is InChI=1S/C25H22O10/c1-33-18-6-10(2-3-15(18)28)23-14(9-26)13-4-11(5-17(30)25(13)35-23)24-22(32)21(31)20-16(29)7-12(27)8-19(20)34-24/h2-8,14,21,23-24,26-31H,9H2,1H3. The first-order valence-corrected chi connectivity index (χ1v) is 10.7. The van der Waals surface area contributed by atoms with Gasteiger partial charge < -0.3 is 44.8 Å². The van der Waals surface area contributed by atoms with Gasteiger partial charge in [-0.1, -0.05) is 6.07 Å². The van der Waals surface area contributed by atoms with Crippen molar-refractivity contribution in [3.8, 4) is 40.2 Å². The molecule has 0 fully saturated rings. The molecule has 0 saturated heterocycles. The maximum atomic E-state index is 12.9. The van der Waals surface area contributed by atoms with Crippen molar-refractivity contribution in [2.45, 2.75) is 24.2 Å². The Labute approximate surface area is 198 Å². The fourth-order valence-corrected chi connectivity index (χ4v) is 4.62. The van der Waals surface area contributed by atoms with E-state index in [1.54, 1.807) is 12.1 Å². The molecule has 4 unspecified atom stereocenters. The van der Waals surface area contributed by atoms with Crippen molar-refractivity contribution in [2.24, 2.45) is 0 Å². The molecule has 0 spiro atoms. The van der Waals surface area contributed by atoms with Crippen LogP contribution in [0.3, 0.4) is 0 Å². The van der Waals surface area contributed by atoms with Gasteiger partial charge in [-0.25, -0.2) is 0 Å². The maximum Gasteiger partial charge on any atom is 0.211 e. The number of hydrogen-bond acceptors (Lipinski definition) is 10. The molecule has 0 radical (unpaired) electrons. The number of carbonyl (C=O) groups is 1. The largest absolute Gasteiger partial charge is 0.508 e. The van der Waals surface area contributed by atoms with Crippen LogP contribution in [0.2, 0.25) is 0 Å². The van der Waals surface area contributed by atoms with Crippen LogP contribution in [0.15, 0.2) is 42.5 Å². The number of phenols is 4. The summed E-state index contributed by atoms with van der Waals surface area (Å²) in [5.41, 5.74) is 1.02. The van der Waals surface area contributed by atoms with E-state index in [0.29, 0.717) is 11.1 Å². The number of methoxy groups -OCH3 is 1. The van der Waals surface area contributed by atoms with Gasteiger partial charge in [0.05, 0.1) is 25.2 Å². The molecule has 6 N–H and O–H groups in total. The van der Waals surface area contributed by atoms with E-state index in [0.717, 1.165) is 6.07 Å². The SMILES string of the molecule is COc1cc(C2Oc3c(O)cc(C4Oc5cc(O)cc(O)c5C(O)C4=O)cc3C2CO)ccc1O. The van der Waals surface area contributed by atoms with Crippen molar-refractivity contribution >= 4 is 5.78 Å². The quantitative estimate of drug-likeness (QED) is 0.325. The summed E-state index contributed by atoms with van der Waals surface area (Å²) >= 11 is 0. The van der Waals surface area contributed by atoms with Crippen molar-refractivity contribution < 1.29 is 49.6 Å². The van der Waals surface area contributed by atoms with Crippen molar-refractivity contribution in [3.05, 3.63) is 64.7 Å². The zero-order valence-corrected chi connectivity index (χ0v) is 18.4. The van der Waals surface area contributed by atoms with Crippen molar-refractivity contribution in [1.82, 2.24) is 0 Å². The molecule has 2 heterocycles. The summed E-state index contributed by atoms with van der Waals surface area (Å²) in [6, 6.07) is 9.55. The van der Waals surface area contributed by atoms with Gasteiger partial charge in [0.1, 0.15) is 29.5 Å². The minimum Gasteiger partial charge on any atom is -0.508 e. The van der Waals surface area contributed by atoms with E-state index in [9.17, 15) is 35.4 Å². The van der Waals surface area contributed by atoms with Gasteiger partial charge in [-0.15, -0.1) is 0 Å². The monoisotopic (exact) mass is 482 g/mol. The number of phenolic OH excluding ortho intramolecular Hbond substituents is 4. The average molecular weight is 482 g/mol. The van der Waals surface area contributed by atoms with Gasteiger partial charge in [-0.3, -0.25) is 4.79 Å². The lowest BCUT2D eigenvalue weighted by atomic mass is 9.88. The van der Waals surface area contributed by atoms with Crippen LogP contribution in [-0.4, -0.2) is 50.1 Å². The number of rotatable bonds is 4. The molecule has 0 bridgehead atoms. The van der Waals surface area contributed by atoms with Gasteiger partial charge in [0.2, 0.25) is 5.78 Å². The van der Waals surface area contributed by atoms with Crippen LogP contribution in [-0.2, 0) is 4.79 Å². The molecule has 182 valence electrons. The molecule has 4 atom stereocenters. The highest BCUT2D eigenvalue weighted by Crippen LogP contribution is 2.53. The van der Waals surface area contributed by atoms with Crippen molar-refractivity contribution in [2.75, 3.05) is 13.7 Å². The van der Waals surface area contributed by atoms with Gasteiger partial charge in [0.25, 0.3) is 0 Å². The second kappa shape index (κ2) is 8.26. The predicted molar refractivity (Wildman–Crippen MR) is 119 cm³/mol. The first-order chi connectivity index (χ1) is 16.7. The number of aromatic hydroxyl groups is 4. The highest BCUT2D eigenvalue weighted by Gasteiger charge is 2.42. The number of hydrogen-bond donors (Lipinski definition) is 6. The second-order valence-electron chi connectivity index (χ2n) is 8.40. The van der Waals surface area contributed by atoms with Gasteiger partial charge in [0.15, 0.2) is 29.1 Å². The molecule has 0 amide bonds. The summed E-state index contributed by atoms with van der Waals surface area (Å²) in [5, 5.41) is 61.2. The molecule has 10 heteroatoms. The third kappa shape index (κ3) is 3.54. The lowest BCUT2D eigenvalue weighted by Gasteiger charge is -2.29. The number of ether oxygens (including phenoxy) is 3. The van der Waals surface area contributed by atoms with E-state index in [4.69, 9.17) is 14.2 Å². The lowest BCUT2D eigenvalue weighted by molar-refractivity contribution is -0.137. The summed E-state index contributed by atoms with van der Waals surface area (Å²) in [7, 11) is 1.40. The molecule has 3 aromatic carbocycles. The number of Topliss-reactive ketones (excluding diaryl/α,β-unsaturated/α-hetero) is 1. The van der Waals surface area contributed by atoms with Crippen LogP contribution in [0.1, 0.15) is 46.5 Å². The Kier molecular flexibility index (Phi) is 5.34. The van der Waals surface area contributed by atoms with E-state index in [2.05, 4.69) is 0 Å². The van der Waals surface area contributed by atoms with Gasteiger partial charge >= 0.3 is 0 Å². The Balaban J connectivity index is 1.54. The molecular weight excluding hydrogens is 460 g/mol. The number of aliphatic hydroxyl groups is 2. The highest BCUT2D eigenvalue weighted by atomic mass is 16.5. The molecule has 0 aliphatic carbocycles. The molecule has 2 aliphatic heterocycles. The highest BCUT2D eigenvalue weighted by molar-refractivity contribution is 5.92. The molecule has 5 rings (SSSR count). The fraction of sp³-hybridized carbons (Fsp3) is 0.240.